The Kier molecular flexibility index (Phi) is 13.0. The lowest BCUT2D eigenvalue weighted by molar-refractivity contribution is 0.152. The first kappa shape index (κ1) is 24.4. The number of unbranched alkanes of at least 4 members (excludes halogenated alkanes) is 1. The fourth-order valence-electron chi connectivity index (χ4n) is 2.93. The Hall–Kier alpha value is -0.640. The van der Waals surface area contributed by atoms with Crippen molar-refractivity contribution in [2.24, 2.45) is 4.99 Å². The second-order valence-corrected chi connectivity index (χ2v) is 7.17. The minimum Gasteiger partial charge on any atom is -0.357 e. The van der Waals surface area contributed by atoms with Crippen LogP contribution in [0.5, 0.6) is 0 Å². The highest BCUT2D eigenvalue weighted by atomic mass is 127. The Morgan fingerprint density at radius 3 is 2.63 bits per heavy atom. The lowest BCUT2D eigenvalue weighted by Gasteiger charge is -2.32. The smallest absolute Gasteiger partial charge is 0.191 e. The molecule has 0 radical (unpaired) electrons. The molecule has 1 aliphatic rings. The zero-order chi connectivity index (χ0) is 18.6. The van der Waals surface area contributed by atoms with Crippen molar-refractivity contribution < 1.29 is 0 Å². The second-order valence-electron chi connectivity index (χ2n) is 6.78. The van der Waals surface area contributed by atoms with Crippen LogP contribution in [0.2, 0.25) is 5.15 Å². The van der Waals surface area contributed by atoms with E-state index in [1.165, 1.54) is 44.7 Å². The molecule has 0 amide bonds. The Bertz CT molecular complexity index is 532. The number of nitrogens with zero attached hydrogens (tertiary/aromatic N) is 4. The number of hydrogen-bond acceptors (Lipinski definition) is 4. The van der Waals surface area contributed by atoms with Crippen LogP contribution in [0.4, 0.5) is 0 Å². The molecule has 1 aromatic rings. The first-order valence-corrected chi connectivity index (χ1v) is 10.1. The minimum absolute atomic E-state index is 0. The summed E-state index contributed by atoms with van der Waals surface area (Å²) in [5.74, 6) is 0.897. The fraction of sp³-hybridized carbons (Fsp3) is 0.684. The first-order valence-electron chi connectivity index (χ1n) is 9.71. The van der Waals surface area contributed by atoms with Gasteiger partial charge in [0.15, 0.2) is 5.96 Å². The lowest BCUT2D eigenvalue weighted by Crippen LogP contribution is -2.44. The van der Waals surface area contributed by atoms with E-state index >= 15 is 0 Å². The van der Waals surface area contributed by atoms with E-state index in [4.69, 9.17) is 11.6 Å². The molecule has 0 unspecified atom stereocenters. The molecular formula is C19H34ClIN6. The summed E-state index contributed by atoms with van der Waals surface area (Å²) in [6.07, 6.45) is 5.07. The van der Waals surface area contributed by atoms with Crippen LogP contribution in [0.15, 0.2) is 23.3 Å². The number of halogens is 2. The quantitative estimate of drug-likeness (QED) is 0.176. The van der Waals surface area contributed by atoms with Gasteiger partial charge in [0, 0.05) is 52.0 Å². The Balaban J connectivity index is 0.00000364. The molecular weight excluding hydrogens is 475 g/mol. The largest absolute Gasteiger partial charge is 0.357 e. The van der Waals surface area contributed by atoms with Crippen LogP contribution in [0, 0.1) is 0 Å². The van der Waals surface area contributed by atoms with Crippen LogP contribution in [-0.2, 0) is 6.42 Å². The standard InChI is InChI=1S/C19H33ClN6.HI/c1-3-21-19(23-10-8-17-6-7-18(20)24-16-17)22-9-4-5-11-26-14-12-25(2)13-15-26;/h6-7,16H,3-5,8-15H2,1-2H3,(H2,21,22,23);1H. The monoisotopic (exact) mass is 508 g/mol. The molecule has 1 aliphatic heterocycles. The normalized spacial score (nSPS) is 16.0. The van der Waals surface area contributed by atoms with Crippen LogP contribution in [0.3, 0.4) is 0 Å². The number of piperazine rings is 1. The molecule has 6 nitrogen and oxygen atoms in total. The van der Waals surface area contributed by atoms with Crippen LogP contribution in [0.25, 0.3) is 0 Å². The zero-order valence-electron chi connectivity index (χ0n) is 16.6. The van der Waals surface area contributed by atoms with E-state index in [1.807, 2.05) is 18.3 Å². The molecule has 2 N–H and O–H groups in total. The Morgan fingerprint density at radius 2 is 1.96 bits per heavy atom. The summed E-state index contributed by atoms with van der Waals surface area (Å²) >= 11 is 5.82. The molecule has 0 aromatic carbocycles. The van der Waals surface area contributed by atoms with Crippen molar-refractivity contribution >= 4 is 41.5 Å². The third kappa shape index (κ3) is 10.5. The maximum Gasteiger partial charge on any atom is 0.191 e. The van der Waals surface area contributed by atoms with E-state index in [0.717, 1.165) is 38.4 Å². The highest BCUT2D eigenvalue weighted by Crippen LogP contribution is 2.05. The summed E-state index contributed by atoms with van der Waals surface area (Å²) < 4.78 is 0. The molecule has 0 spiro atoms. The lowest BCUT2D eigenvalue weighted by atomic mass is 10.2. The molecule has 1 saturated heterocycles. The molecule has 2 rings (SSSR count). The Labute approximate surface area is 186 Å². The number of likely N-dealkylation sites (N-methyl/N-ethyl adjacent to an activating group) is 1. The van der Waals surface area contributed by atoms with Gasteiger partial charge in [-0.25, -0.2) is 4.98 Å². The molecule has 8 heteroatoms. The number of aliphatic imine (C=N–C) groups is 1. The number of aromatic nitrogens is 1. The van der Waals surface area contributed by atoms with Gasteiger partial charge in [0.05, 0.1) is 0 Å². The van der Waals surface area contributed by atoms with E-state index in [-0.39, 0.29) is 24.0 Å². The zero-order valence-corrected chi connectivity index (χ0v) is 19.7. The van der Waals surface area contributed by atoms with Gasteiger partial charge in [-0.05, 0) is 51.4 Å². The topological polar surface area (TPSA) is 55.8 Å². The van der Waals surface area contributed by atoms with Crippen LogP contribution in [0.1, 0.15) is 25.3 Å². The van der Waals surface area contributed by atoms with Gasteiger partial charge in [-0.3, -0.25) is 4.99 Å². The van der Waals surface area contributed by atoms with Gasteiger partial charge in [-0.15, -0.1) is 24.0 Å². The highest BCUT2D eigenvalue weighted by molar-refractivity contribution is 14.0. The van der Waals surface area contributed by atoms with Gasteiger partial charge in [0.1, 0.15) is 5.15 Å². The predicted octanol–water partition coefficient (Wildman–Crippen LogP) is 2.48. The van der Waals surface area contributed by atoms with Crippen molar-refractivity contribution in [2.45, 2.75) is 26.2 Å². The third-order valence-corrected chi connectivity index (χ3v) is 4.81. The van der Waals surface area contributed by atoms with E-state index in [1.54, 1.807) is 0 Å². The summed E-state index contributed by atoms with van der Waals surface area (Å²) in [6.45, 7) is 10.6. The molecule has 2 heterocycles. The van der Waals surface area contributed by atoms with Gasteiger partial charge in [0.25, 0.3) is 0 Å². The maximum atomic E-state index is 5.82. The molecule has 0 saturated carbocycles. The van der Waals surface area contributed by atoms with Crippen LogP contribution in [-0.4, -0.2) is 80.1 Å². The molecule has 154 valence electrons. The fourth-order valence-corrected chi connectivity index (χ4v) is 3.04. The summed E-state index contributed by atoms with van der Waals surface area (Å²) in [6, 6.07) is 3.84. The summed E-state index contributed by atoms with van der Waals surface area (Å²) in [4.78, 5) is 13.8. The highest BCUT2D eigenvalue weighted by Gasteiger charge is 2.12. The Morgan fingerprint density at radius 1 is 1.19 bits per heavy atom. The molecule has 1 aromatic heterocycles. The predicted molar refractivity (Wildman–Crippen MR) is 126 cm³/mol. The van der Waals surface area contributed by atoms with Crippen molar-refractivity contribution in [3.63, 3.8) is 0 Å². The average Bonchev–Trinajstić information content (AvgIpc) is 2.64. The second kappa shape index (κ2) is 14.4. The van der Waals surface area contributed by atoms with Crippen molar-refractivity contribution in [1.82, 2.24) is 25.4 Å². The van der Waals surface area contributed by atoms with E-state index in [2.05, 4.69) is 44.4 Å². The average molecular weight is 509 g/mol. The number of rotatable bonds is 9. The van der Waals surface area contributed by atoms with Gasteiger partial charge in [-0.2, -0.15) is 0 Å². The summed E-state index contributed by atoms with van der Waals surface area (Å²) in [5, 5.41) is 7.24. The molecule has 27 heavy (non-hydrogen) atoms. The molecule has 1 fully saturated rings. The molecule has 0 atom stereocenters. The maximum absolute atomic E-state index is 5.82. The van der Waals surface area contributed by atoms with Crippen LogP contribution < -0.4 is 10.6 Å². The van der Waals surface area contributed by atoms with Gasteiger partial charge in [0.2, 0.25) is 0 Å². The summed E-state index contributed by atoms with van der Waals surface area (Å²) in [5.41, 5.74) is 1.17. The molecule has 0 bridgehead atoms. The van der Waals surface area contributed by atoms with Gasteiger partial charge < -0.3 is 20.4 Å². The van der Waals surface area contributed by atoms with E-state index < -0.39 is 0 Å². The van der Waals surface area contributed by atoms with Crippen molar-refractivity contribution in [3.8, 4) is 0 Å². The minimum atomic E-state index is 0. The number of hydrogen-bond donors (Lipinski definition) is 2. The van der Waals surface area contributed by atoms with Crippen molar-refractivity contribution in [3.05, 3.63) is 29.0 Å². The first-order chi connectivity index (χ1) is 12.7. The summed E-state index contributed by atoms with van der Waals surface area (Å²) in [7, 11) is 2.20. The van der Waals surface area contributed by atoms with E-state index in [0.29, 0.717) is 5.15 Å². The SMILES string of the molecule is CCNC(=NCCCCN1CCN(C)CC1)NCCc1ccc(Cl)nc1.I. The van der Waals surface area contributed by atoms with Gasteiger partial charge in [-0.1, -0.05) is 17.7 Å². The van der Waals surface area contributed by atoms with Crippen molar-refractivity contribution in [1.29, 1.82) is 0 Å². The number of guanidine groups is 1. The van der Waals surface area contributed by atoms with Crippen LogP contribution >= 0.6 is 35.6 Å². The van der Waals surface area contributed by atoms with Gasteiger partial charge >= 0.3 is 0 Å². The molecule has 0 aliphatic carbocycles. The third-order valence-electron chi connectivity index (χ3n) is 4.59. The van der Waals surface area contributed by atoms with Crippen molar-refractivity contribution in [2.75, 3.05) is 59.4 Å². The number of pyridine rings is 1. The number of nitrogens with one attached hydrogen (secondary N) is 2. The van der Waals surface area contributed by atoms with E-state index in [9.17, 15) is 0 Å².